The number of ether oxygens (including phenoxy) is 1. The first-order valence-electron chi connectivity index (χ1n) is 6.90. The maximum atomic E-state index is 13.0. The van der Waals surface area contributed by atoms with E-state index in [1.54, 1.807) is 14.0 Å². The largest absolute Gasteiger partial charge is 0.416 e. The molecule has 2 rings (SSSR count). The van der Waals surface area contributed by atoms with Crippen LogP contribution >= 0.6 is 0 Å². The van der Waals surface area contributed by atoms with Crippen molar-refractivity contribution in [2.75, 3.05) is 26.7 Å². The number of alkyl halides is 3. The molecule has 4 nitrogen and oxygen atoms in total. The van der Waals surface area contributed by atoms with Crippen LogP contribution in [0.25, 0.3) is 0 Å². The van der Waals surface area contributed by atoms with E-state index < -0.39 is 17.3 Å². The molecule has 0 saturated carbocycles. The first kappa shape index (κ1) is 16.0. The average Bonchev–Trinajstić information content (AvgIpc) is 2.37. The second-order valence-electron chi connectivity index (χ2n) is 5.20. The highest BCUT2D eigenvalue weighted by molar-refractivity contribution is 5.27. The molecule has 1 aliphatic heterocycles. The molecule has 7 heteroatoms. The Labute approximate surface area is 121 Å². The van der Waals surface area contributed by atoms with Crippen molar-refractivity contribution in [1.29, 1.82) is 0 Å². The molecule has 1 fully saturated rings. The average molecular weight is 304 g/mol. The normalized spacial score (nSPS) is 17.0. The van der Waals surface area contributed by atoms with Crippen LogP contribution in [0.15, 0.2) is 17.1 Å². The summed E-state index contributed by atoms with van der Waals surface area (Å²) in [6.45, 7) is 4.11. The molecule has 0 aromatic carbocycles. The molecule has 0 N–H and O–H groups in total. The molecule has 0 bridgehead atoms. The first-order chi connectivity index (χ1) is 9.85. The van der Waals surface area contributed by atoms with E-state index >= 15 is 0 Å². The molecule has 0 aliphatic carbocycles. The van der Waals surface area contributed by atoms with Crippen molar-refractivity contribution < 1.29 is 17.9 Å². The molecule has 0 radical (unpaired) electrons. The van der Waals surface area contributed by atoms with Crippen molar-refractivity contribution in [3.05, 3.63) is 33.7 Å². The van der Waals surface area contributed by atoms with Crippen LogP contribution in [0.1, 0.15) is 18.1 Å². The third kappa shape index (κ3) is 3.65. The fourth-order valence-electron chi connectivity index (χ4n) is 2.46. The topological polar surface area (TPSA) is 34.5 Å². The summed E-state index contributed by atoms with van der Waals surface area (Å²) in [4.78, 5) is 13.6. The second kappa shape index (κ2) is 6.19. The summed E-state index contributed by atoms with van der Waals surface area (Å²) in [5.41, 5.74) is -1.26. The molecule has 118 valence electrons. The van der Waals surface area contributed by atoms with E-state index in [0.717, 1.165) is 13.1 Å². The number of aryl methyl sites for hydroxylation is 1. The highest BCUT2D eigenvalue weighted by Gasteiger charge is 2.34. The molecular formula is C14H19F3N2O2. The summed E-state index contributed by atoms with van der Waals surface area (Å²) in [6, 6.07) is 0.701. The van der Waals surface area contributed by atoms with Gasteiger partial charge in [-0.3, -0.25) is 9.69 Å². The Kier molecular flexibility index (Phi) is 4.73. The third-order valence-corrected chi connectivity index (χ3v) is 3.81. The summed E-state index contributed by atoms with van der Waals surface area (Å²) in [6.07, 6.45) is -2.72. The number of hydrogen-bond acceptors (Lipinski definition) is 3. The van der Waals surface area contributed by atoms with Crippen LogP contribution in [0.5, 0.6) is 0 Å². The number of likely N-dealkylation sites (tertiary alicyclic amines) is 1. The lowest BCUT2D eigenvalue weighted by Gasteiger charge is -2.38. The number of rotatable bonds is 5. The molecule has 0 unspecified atom stereocenters. The quantitative estimate of drug-likeness (QED) is 0.831. The molecule has 1 aromatic rings. The monoisotopic (exact) mass is 304 g/mol. The van der Waals surface area contributed by atoms with Gasteiger partial charge in [0, 0.05) is 45.6 Å². The van der Waals surface area contributed by atoms with Crippen LogP contribution in [0, 0.1) is 0 Å². The van der Waals surface area contributed by atoms with Crippen LogP contribution in [0.2, 0.25) is 0 Å². The molecule has 21 heavy (non-hydrogen) atoms. The van der Waals surface area contributed by atoms with Gasteiger partial charge in [-0.15, -0.1) is 0 Å². The number of nitrogens with zero attached hydrogens (tertiary/aromatic N) is 2. The van der Waals surface area contributed by atoms with Gasteiger partial charge in [0.2, 0.25) is 0 Å². The van der Waals surface area contributed by atoms with Gasteiger partial charge in [-0.25, -0.2) is 0 Å². The second-order valence-corrected chi connectivity index (χ2v) is 5.20. The minimum atomic E-state index is -4.49. The number of halogens is 3. The smallest absolute Gasteiger partial charge is 0.379 e. The summed E-state index contributed by atoms with van der Waals surface area (Å²) in [7, 11) is 1.63. The molecule has 0 amide bonds. The molecular weight excluding hydrogens is 285 g/mol. The molecule has 1 saturated heterocycles. The van der Waals surface area contributed by atoms with Crippen LogP contribution in [-0.4, -0.2) is 42.3 Å². The van der Waals surface area contributed by atoms with Crippen LogP contribution in [0.3, 0.4) is 0 Å². The lowest BCUT2D eigenvalue weighted by Crippen LogP contribution is -2.52. The fourth-order valence-corrected chi connectivity index (χ4v) is 2.46. The van der Waals surface area contributed by atoms with Crippen LogP contribution in [-0.2, 0) is 23.9 Å². The Hall–Kier alpha value is -1.34. The fraction of sp³-hybridized carbons (Fsp3) is 0.643. The summed E-state index contributed by atoms with van der Waals surface area (Å²) >= 11 is 0. The summed E-state index contributed by atoms with van der Waals surface area (Å²) < 4.78 is 45.5. The SMILES string of the molecule is CCn1cc(CCN2CC(OC)C2)c(C(F)(F)F)cc1=O. The number of methoxy groups -OCH3 is 1. The Morgan fingerprint density at radius 1 is 1.38 bits per heavy atom. The predicted octanol–water partition coefficient (Wildman–Crippen LogP) is 1.76. The van der Waals surface area contributed by atoms with Gasteiger partial charge >= 0.3 is 6.18 Å². The highest BCUT2D eigenvalue weighted by atomic mass is 19.4. The maximum Gasteiger partial charge on any atom is 0.416 e. The number of aromatic nitrogens is 1. The van der Waals surface area contributed by atoms with Crippen LogP contribution in [0.4, 0.5) is 13.2 Å². The number of pyridine rings is 1. The lowest BCUT2D eigenvalue weighted by atomic mass is 10.0. The molecule has 0 atom stereocenters. The minimum absolute atomic E-state index is 0.171. The van der Waals surface area contributed by atoms with Crippen molar-refractivity contribution in [1.82, 2.24) is 9.47 Å². The van der Waals surface area contributed by atoms with E-state index in [-0.39, 0.29) is 18.1 Å². The maximum absolute atomic E-state index is 13.0. The molecule has 1 aliphatic rings. The predicted molar refractivity (Wildman–Crippen MR) is 72.3 cm³/mol. The van der Waals surface area contributed by atoms with Gasteiger partial charge < -0.3 is 9.30 Å². The standard InChI is InChI=1S/C14H19F3N2O2/c1-3-19-7-10(4-5-18-8-11(9-18)21-2)12(6-13(19)20)14(15,16)17/h6-7,11H,3-5,8-9H2,1-2H3. The molecule has 0 spiro atoms. The molecule has 1 aromatic heterocycles. The minimum Gasteiger partial charge on any atom is -0.379 e. The van der Waals surface area contributed by atoms with Crippen molar-refractivity contribution in [3.8, 4) is 0 Å². The van der Waals surface area contributed by atoms with Crippen molar-refractivity contribution >= 4 is 0 Å². The first-order valence-corrected chi connectivity index (χ1v) is 6.90. The van der Waals surface area contributed by atoms with E-state index in [9.17, 15) is 18.0 Å². The zero-order valence-electron chi connectivity index (χ0n) is 12.1. The van der Waals surface area contributed by atoms with Gasteiger partial charge in [0.1, 0.15) is 0 Å². The van der Waals surface area contributed by atoms with Gasteiger partial charge in [-0.1, -0.05) is 0 Å². The Morgan fingerprint density at radius 3 is 2.57 bits per heavy atom. The van der Waals surface area contributed by atoms with Crippen LogP contribution < -0.4 is 5.56 Å². The number of hydrogen-bond donors (Lipinski definition) is 0. The van der Waals surface area contributed by atoms with Crippen molar-refractivity contribution in [2.24, 2.45) is 0 Å². The van der Waals surface area contributed by atoms with Gasteiger partial charge in [-0.2, -0.15) is 13.2 Å². The summed E-state index contributed by atoms with van der Waals surface area (Å²) in [5.74, 6) is 0. The van der Waals surface area contributed by atoms with E-state index in [1.807, 2.05) is 4.90 Å². The summed E-state index contributed by atoms with van der Waals surface area (Å²) in [5, 5.41) is 0. The van der Waals surface area contributed by atoms with E-state index in [2.05, 4.69) is 0 Å². The Balaban J connectivity index is 2.15. The van der Waals surface area contributed by atoms with Crippen molar-refractivity contribution in [3.63, 3.8) is 0 Å². The Morgan fingerprint density at radius 2 is 2.05 bits per heavy atom. The highest BCUT2D eigenvalue weighted by Crippen LogP contribution is 2.31. The zero-order chi connectivity index (χ0) is 15.6. The van der Waals surface area contributed by atoms with Gasteiger partial charge in [0.05, 0.1) is 11.7 Å². The van der Waals surface area contributed by atoms with E-state index in [1.165, 1.54) is 10.8 Å². The van der Waals surface area contributed by atoms with E-state index in [0.29, 0.717) is 19.2 Å². The van der Waals surface area contributed by atoms with Gasteiger partial charge in [0.25, 0.3) is 5.56 Å². The third-order valence-electron chi connectivity index (χ3n) is 3.81. The van der Waals surface area contributed by atoms with Crippen molar-refractivity contribution in [2.45, 2.75) is 32.2 Å². The van der Waals surface area contributed by atoms with Gasteiger partial charge in [0.15, 0.2) is 0 Å². The van der Waals surface area contributed by atoms with Gasteiger partial charge in [-0.05, 0) is 18.9 Å². The lowest BCUT2D eigenvalue weighted by molar-refractivity contribution is -0.138. The van der Waals surface area contributed by atoms with E-state index in [4.69, 9.17) is 4.74 Å². The zero-order valence-corrected chi connectivity index (χ0v) is 12.1. The molecule has 2 heterocycles. The Bertz CT molecular complexity index is 548.